The van der Waals surface area contributed by atoms with Crippen LogP contribution in [0.15, 0.2) is 47.4 Å². The van der Waals surface area contributed by atoms with Crippen molar-refractivity contribution in [2.75, 3.05) is 7.11 Å². The van der Waals surface area contributed by atoms with E-state index in [0.29, 0.717) is 16.9 Å². The zero-order chi connectivity index (χ0) is 14.0. The van der Waals surface area contributed by atoms with E-state index in [0.717, 1.165) is 6.07 Å². The summed E-state index contributed by atoms with van der Waals surface area (Å²) in [4.78, 5) is -0.544. The maximum Gasteiger partial charge on any atom is 0.264 e. The lowest BCUT2D eigenvalue weighted by molar-refractivity contribution is 0.416. The standard InChI is InChI=1S/C13H10ClFO3S/c1-18-12-5-3-2-4-10(12)9-6-7-11(15)13(8-9)19(14,16)17/h2-8H,1H3. The lowest BCUT2D eigenvalue weighted by atomic mass is 10.0. The van der Waals surface area contributed by atoms with E-state index < -0.39 is 19.8 Å². The first kappa shape index (κ1) is 13.8. The highest BCUT2D eigenvalue weighted by Gasteiger charge is 2.18. The second kappa shape index (κ2) is 5.19. The fourth-order valence-electron chi connectivity index (χ4n) is 1.74. The van der Waals surface area contributed by atoms with Gasteiger partial charge in [0, 0.05) is 16.2 Å². The van der Waals surface area contributed by atoms with Crippen LogP contribution in [0.5, 0.6) is 5.75 Å². The zero-order valence-corrected chi connectivity index (χ0v) is 11.5. The van der Waals surface area contributed by atoms with Crippen molar-refractivity contribution >= 4 is 19.7 Å². The summed E-state index contributed by atoms with van der Waals surface area (Å²) in [6, 6.07) is 10.8. The molecular weight excluding hydrogens is 291 g/mol. The topological polar surface area (TPSA) is 43.4 Å². The number of hydrogen-bond donors (Lipinski definition) is 0. The first-order valence-electron chi connectivity index (χ1n) is 5.31. The normalized spacial score (nSPS) is 11.3. The maximum atomic E-state index is 13.5. The molecule has 2 rings (SSSR count). The van der Waals surface area contributed by atoms with Gasteiger partial charge in [-0.25, -0.2) is 12.8 Å². The number of rotatable bonds is 3. The monoisotopic (exact) mass is 300 g/mol. The third kappa shape index (κ3) is 2.88. The molecule has 0 saturated carbocycles. The highest BCUT2D eigenvalue weighted by atomic mass is 35.7. The van der Waals surface area contributed by atoms with E-state index in [2.05, 4.69) is 0 Å². The van der Waals surface area contributed by atoms with Crippen LogP contribution in [0.2, 0.25) is 0 Å². The molecule has 0 saturated heterocycles. The van der Waals surface area contributed by atoms with Gasteiger partial charge in [-0.05, 0) is 23.8 Å². The van der Waals surface area contributed by atoms with Crippen LogP contribution >= 0.6 is 10.7 Å². The fraction of sp³-hybridized carbons (Fsp3) is 0.0769. The molecule has 3 nitrogen and oxygen atoms in total. The number of hydrogen-bond acceptors (Lipinski definition) is 3. The van der Waals surface area contributed by atoms with Crippen molar-refractivity contribution in [2.45, 2.75) is 4.90 Å². The molecule has 0 bridgehead atoms. The van der Waals surface area contributed by atoms with E-state index >= 15 is 0 Å². The van der Waals surface area contributed by atoms with Crippen LogP contribution in [0.25, 0.3) is 11.1 Å². The van der Waals surface area contributed by atoms with Gasteiger partial charge in [0.25, 0.3) is 9.05 Å². The molecule has 0 amide bonds. The lowest BCUT2D eigenvalue weighted by Gasteiger charge is -2.09. The van der Waals surface area contributed by atoms with E-state index in [9.17, 15) is 12.8 Å². The summed E-state index contributed by atoms with van der Waals surface area (Å²) in [5.41, 5.74) is 1.17. The number of methoxy groups -OCH3 is 1. The predicted octanol–water partition coefficient (Wildman–Crippen LogP) is 3.43. The molecule has 0 radical (unpaired) electrons. The van der Waals surface area contributed by atoms with Crippen LogP contribution in [0.3, 0.4) is 0 Å². The van der Waals surface area contributed by atoms with Gasteiger partial charge in [0.05, 0.1) is 7.11 Å². The summed E-state index contributed by atoms with van der Waals surface area (Å²) in [5, 5.41) is 0. The number of benzene rings is 2. The Balaban J connectivity index is 2.65. The number of halogens is 2. The SMILES string of the molecule is COc1ccccc1-c1ccc(F)c(S(=O)(=O)Cl)c1. The molecule has 2 aromatic carbocycles. The molecule has 0 N–H and O–H groups in total. The van der Waals surface area contributed by atoms with E-state index in [4.69, 9.17) is 15.4 Å². The molecule has 0 unspecified atom stereocenters. The van der Waals surface area contributed by atoms with E-state index in [1.165, 1.54) is 19.2 Å². The van der Waals surface area contributed by atoms with Gasteiger partial charge in [0.15, 0.2) is 0 Å². The first-order chi connectivity index (χ1) is 8.93. The summed E-state index contributed by atoms with van der Waals surface area (Å²) in [7, 11) is 2.57. The molecule has 0 fully saturated rings. The second-order valence-electron chi connectivity index (χ2n) is 3.78. The van der Waals surface area contributed by atoms with Crippen LogP contribution in [0, 0.1) is 5.82 Å². The van der Waals surface area contributed by atoms with Crippen LogP contribution in [-0.2, 0) is 9.05 Å². The van der Waals surface area contributed by atoms with Crippen molar-refractivity contribution in [3.63, 3.8) is 0 Å². The molecule has 2 aromatic rings. The molecule has 0 aliphatic heterocycles. The van der Waals surface area contributed by atoms with E-state index in [-0.39, 0.29) is 0 Å². The average molecular weight is 301 g/mol. The second-order valence-corrected chi connectivity index (χ2v) is 6.32. The van der Waals surface area contributed by atoms with Crippen LogP contribution in [0.4, 0.5) is 4.39 Å². The van der Waals surface area contributed by atoms with Gasteiger partial charge in [-0.15, -0.1) is 0 Å². The molecule has 0 heterocycles. The Kier molecular flexibility index (Phi) is 3.78. The van der Waals surface area contributed by atoms with Gasteiger partial charge >= 0.3 is 0 Å². The Labute approximate surface area is 115 Å². The Hall–Kier alpha value is -1.59. The summed E-state index contributed by atoms with van der Waals surface area (Å²) in [6.45, 7) is 0. The number of para-hydroxylation sites is 1. The molecule has 100 valence electrons. The van der Waals surface area contributed by atoms with Crippen molar-refractivity contribution in [3.05, 3.63) is 48.3 Å². The van der Waals surface area contributed by atoms with Crippen LogP contribution < -0.4 is 4.74 Å². The Bertz CT molecular complexity index is 714. The van der Waals surface area contributed by atoms with Crippen LogP contribution in [0.1, 0.15) is 0 Å². The third-order valence-corrected chi connectivity index (χ3v) is 3.95. The van der Waals surface area contributed by atoms with Gasteiger partial charge in [-0.3, -0.25) is 0 Å². The molecular formula is C13H10ClFO3S. The minimum atomic E-state index is -4.13. The summed E-state index contributed by atoms with van der Waals surface area (Å²) < 4.78 is 41.2. The highest BCUT2D eigenvalue weighted by Crippen LogP contribution is 2.32. The molecule has 0 atom stereocenters. The minimum Gasteiger partial charge on any atom is -0.496 e. The molecule has 0 aliphatic rings. The van der Waals surface area contributed by atoms with E-state index in [1.54, 1.807) is 24.3 Å². The Morgan fingerprint density at radius 2 is 1.84 bits per heavy atom. The van der Waals surface area contributed by atoms with Crippen molar-refractivity contribution in [3.8, 4) is 16.9 Å². The fourth-order valence-corrected chi connectivity index (χ4v) is 2.66. The smallest absolute Gasteiger partial charge is 0.264 e. The lowest BCUT2D eigenvalue weighted by Crippen LogP contribution is -1.96. The highest BCUT2D eigenvalue weighted by molar-refractivity contribution is 8.13. The summed E-state index contributed by atoms with van der Waals surface area (Å²) in [5.74, 6) is -0.319. The van der Waals surface area contributed by atoms with Crippen molar-refractivity contribution in [2.24, 2.45) is 0 Å². The molecule has 19 heavy (non-hydrogen) atoms. The van der Waals surface area contributed by atoms with Crippen molar-refractivity contribution in [1.82, 2.24) is 0 Å². The Morgan fingerprint density at radius 1 is 1.16 bits per heavy atom. The van der Waals surface area contributed by atoms with Gasteiger partial charge in [0.2, 0.25) is 0 Å². The maximum absolute atomic E-state index is 13.5. The Morgan fingerprint density at radius 3 is 2.47 bits per heavy atom. The van der Waals surface area contributed by atoms with Gasteiger partial charge in [-0.2, -0.15) is 0 Å². The predicted molar refractivity (Wildman–Crippen MR) is 71.4 cm³/mol. The summed E-state index contributed by atoms with van der Waals surface area (Å²) in [6.07, 6.45) is 0. The van der Waals surface area contributed by atoms with Crippen molar-refractivity contribution in [1.29, 1.82) is 0 Å². The largest absolute Gasteiger partial charge is 0.496 e. The van der Waals surface area contributed by atoms with Crippen LogP contribution in [-0.4, -0.2) is 15.5 Å². The quantitative estimate of drug-likeness (QED) is 0.816. The third-order valence-electron chi connectivity index (χ3n) is 2.61. The van der Waals surface area contributed by atoms with Gasteiger partial charge in [-0.1, -0.05) is 24.3 Å². The van der Waals surface area contributed by atoms with Gasteiger partial charge in [0.1, 0.15) is 16.5 Å². The van der Waals surface area contributed by atoms with Crippen molar-refractivity contribution < 1.29 is 17.5 Å². The average Bonchev–Trinajstić information content (AvgIpc) is 2.38. The molecule has 0 aliphatic carbocycles. The first-order valence-corrected chi connectivity index (χ1v) is 7.62. The minimum absolute atomic E-state index is 0.512. The number of ether oxygens (including phenoxy) is 1. The van der Waals surface area contributed by atoms with E-state index in [1.807, 2.05) is 0 Å². The molecule has 6 heteroatoms. The molecule has 0 spiro atoms. The molecule has 0 aromatic heterocycles. The summed E-state index contributed by atoms with van der Waals surface area (Å²) >= 11 is 0. The van der Waals surface area contributed by atoms with Gasteiger partial charge < -0.3 is 4.74 Å². The zero-order valence-electron chi connectivity index (χ0n) is 9.93.